The van der Waals surface area contributed by atoms with Gasteiger partial charge in [0.15, 0.2) is 0 Å². The molecule has 0 bridgehead atoms. The van der Waals surface area contributed by atoms with Crippen molar-refractivity contribution in [3.05, 3.63) is 34.9 Å². The van der Waals surface area contributed by atoms with E-state index in [0.717, 1.165) is 5.57 Å². The van der Waals surface area contributed by atoms with Crippen LogP contribution in [0.25, 0.3) is 0 Å². The second-order valence-corrected chi connectivity index (χ2v) is 9.27. The van der Waals surface area contributed by atoms with Crippen molar-refractivity contribution in [1.29, 1.82) is 0 Å². The highest BCUT2D eigenvalue weighted by Gasteiger charge is 2.52. The molecule has 0 amide bonds. The molecule has 4 atom stereocenters. The predicted molar refractivity (Wildman–Crippen MR) is 126 cm³/mol. The second kappa shape index (κ2) is 12.2. The number of fused-ring (bicyclic) bond motifs is 1. The van der Waals surface area contributed by atoms with Crippen molar-refractivity contribution < 1.29 is 42.9 Å². The Labute approximate surface area is 206 Å². The molecule has 0 aromatic rings. The lowest BCUT2D eigenvalue weighted by Crippen LogP contribution is -2.27. The highest BCUT2D eigenvalue weighted by Crippen LogP contribution is 2.44. The fraction of sp³-hybridized carbons (Fsp3) is 0.615. The maximum atomic E-state index is 12.7. The zero-order valence-electron chi connectivity index (χ0n) is 21.5. The van der Waals surface area contributed by atoms with E-state index in [4.69, 9.17) is 23.7 Å². The van der Waals surface area contributed by atoms with Gasteiger partial charge < -0.3 is 23.7 Å². The normalized spacial score (nSPS) is 31.7. The highest BCUT2D eigenvalue weighted by molar-refractivity contribution is 5.90. The van der Waals surface area contributed by atoms with Gasteiger partial charge in [-0.05, 0) is 31.8 Å². The number of methoxy groups -OCH3 is 2. The molecule has 0 unspecified atom stereocenters. The van der Waals surface area contributed by atoms with E-state index >= 15 is 0 Å². The number of carbonyl (C=O) groups is 4. The Hall–Kier alpha value is -2.94. The first-order valence-corrected chi connectivity index (χ1v) is 11.7. The maximum absolute atomic E-state index is 12.7. The summed E-state index contributed by atoms with van der Waals surface area (Å²) in [5.74, 6) is -2.11. The monoisotopic (exact) mass is 492 g/mol. The first-order valence-electron chi connectivity index (χ1n) is 11.7. The van der Waals surface area contributed by atoms with Crippen LogP contribution in [0.2, 0.25) is 0 Å². The minimum atomic E-state index is -0.860. The van der Waals surface area contributed by atoms with Gasteiger partial charge in [0, 0.05) is 32.3 Å². The molecule has 0 radical (unpaired) electrons. The fourth-order valence-electron chi connectivity index (χ4n) is 4.15. The van der Waals surface area contributed by atoms with Crippen LogP contribution in [0.15, 0.2) is 34.9 Å². The Balaban J connectivity index is 2.60. The second-order valence-electron chi connectivity index (χ2n) is 9.27. The molecule has 1 saturated heterocycles. The Morgan fingerprint density at radius 2 is 1.63 bits per heavy atom. The van der Waals surface area contributed by atoms with E-state index in [9.17, 15) is 19.2 Å². The molecular weight excluding hydrogens is 456 g/mol. The SMILES string of the molecule is COC(=O)/C1=C\[C@H](OC(C)=O)C[C@]2(C)O[C@H]2/C=C(/C(C)C)C[C@H](OC(C)=O)/C(C(=O)OC)=C/CC1. The Bertz CT molecular complexity index is 927. The van der Waals surface area contributed by atoms with E-state index in [0.29, 0.717) is 12.0 Å². The van der Waals surface area contributed by atoms with Crippen molar-refractivity contribution in [1.82, 2.24) is 0 Å². The quantitative estimate of drug-likeness (QED) is 0.246. The fourth-order valence-corrected chi connectivity index (χ4v) is 4.15. The van der Waals surface area contributed by atoms with E-state index in [-0.39, 0.29) is 36.9 Å². The standard InChI is InChI=1S/C26H36O9/c1-15(2)19-12-22(34-17(4)28)21(25(30)32-7)10-8-9-18(24(29)31-6)11-20(33-16(3)27)14-26(5)23(13-19)35-26/h10-11,13,15,20,22-23H,8-9,12,14H2,1-7H3/b18-11-,19-13+,21-10-/t20-,22-,23-,26-/m0/s1. The number of esters is 4. The molecule has 1 heterocycles. The van der Waals surface area contributed by atoms with Crippen LogP contribution in [-0.2, 0) is 42.9 Å². The zero-order chi connectivity index (χ0) is 26.3. The summed E-state index contributed by atoms with van der Waals surface area (Å²) >= 11 is 0. The van der Waals surface area contributed by atoms with Gasteiger partial charge in [-0.15, -0.1) is 0 Å². The van der Waals surface area contributed by atoms with Crippen LogP contribution in [0, 0.1) is 5.92 Å². The predicted octanol–water partition coefficient (Wildman–Crippen LogP) is 3.36. The number of ether oxygens (including phenoxy) is 5. The highest BCUT2D eigenvalue weighted by atomic mass is 16.6. The van der Waals surface area contributed by atoms with Crippen molar-refractivity contribution in [2.45, 2.75) is 84.2 Å². The molecule has 1 aliphatic carbocycles. The van der Waals surface area contributed by atoms with Gasteiger partial charge in [-0.1, -0.05) is 31.6 Å². The third kappa shape index (κ3) is 8.06. The van der Waals surface area contributed by atoms with Gasteiger partial charge in [0.05, 0.1) is 25.4 Å². The van der Waals surface area contributed by atoms with Crippen molar-refractivity contribution >= 4 is 23.9 Å². The van der Waals surface area contributed by atoms with Crippen molar-refractivity contribution in [3.8, 4) is 0 Å². The molecule has 9 nitrogen and oxygen atoms in total. The molecule has 35 heavy (non-hydrogen) atoms. The molecule has 0 spiro atoms. The van der Waals surface area contributed by atoms with E-state index in [1.165, 1.54) is 28.1 Å². The van der Waals surface area contributed by atoms with Crippen molar-refractivity contribution in [3.63, 3.8) is 0 Å². The summed E-state index contributed by atoms with van der Waals surface area (Å²) in [6, 6.07) is 0. The molecule has 2 aliphatic rings. The number of epoxide rings is 1. The molecule has 194 valence electrons. The Morgan fingerprint density at radius 1 is 1.00 bits per heavy atom. The van der Waals surface area contributed by atoms with Gasteiger partial charge in [-0.2, -0.15) is 0 Å². The van der Waals surface area contributed by atoms with Gasteiger partial charge >= 0.3 is 23.9 Å². The van der Waals surface area contributed by atoms with Crippen LogP contribution in [0.4, 0.5) is 0 Å². The lowest BCUT2D eigenvalue weighted by molar-refractivity contribution is -0.147. The Kier molecular flexibility index (Phi) is 9.82. The minimum Gasteiger partial charge on any atom is -0.466 e. The number of carbonyl (C=O) groups excluding carboxylic acids is 4. The first-order chi connectivity index (χ1) is 16.4. The summed E-state index contributed by atoms with van der Waals surface area (Å²) in [4.78, 5) is 48.8. The summed E-state index contributed by atoms with van der Waals surface area (Å²) in [6.07, 6.45) is 4.39. The summed E-state index contributed by atoms with van der Waals surface area (Å²) in [6.45, 7) is 8.51. The van der Waals surface area contributed by atoms with Crippen LogP contribution in [0.5, 0.6) is 0 Å². The average molecular weight is 493 g/mol. The van der Waals surface area contributed by atoms with Gasteiger partial charge in [0.2, 0.25) is 0 Å². The summed E-state index contributed by atoms with van der Waals surface area (Å²) in [5.41, 5.74) is 0.804. The van der Waals surface area contributed by atoms with Crippen LogP contribution < -0.4 is 0 Å². The van der Waals surface area contributed by atoms with Gasteiger partial charge in [-0.3, -0.25) is 9.59 Å². The van der Waals surface area contributed by atoms with Crippen molar-refractivity contribution in [2.24, 2.45) is 5.92 Å². The lowest BCUT2D eigenvalue weighted by Gasteiger charge is -2.23. The third-order valence-corrected chi connectivity index (χ3v) is 6.08. The van der Waals surface area contributed by atoms with Crippen LogP contribution in [0.3, 0.4) is 0 Å². The number of hydrogen-bond donors (Lipinski definition) is 0. The summed E-state index contributed by atoms with van der Waals surface area (Å²) in [7, 11) is 2.52. The van der Waals surface area contributed by atoms with Gasteiger partial charge in [0.25, 0.3) is 0 Å². The van der Waals surface area contributed by atoms with Crippen LogP contribution >= 0.6 is 0 Å². The Morgan fingerprint density at radius 3 is 2.17 bits per heavy atom. The van der Waals surface area contributed by atoms with Gasteiger partial charge in [-0.25, -0.2) is 9.59 Å². The molecule has 0 saturated carbocycles. The minimum absolute atomic E-state index is 0.0865. The lowest BCUT2D eigenvalue weighted by atomic mass is 9.89. The molecule has 9 heteroatoms. The molecule has 0 aromatic carbocycles. The molecule has 1 aliphatic heterocycles. The first kappa shape index (κ1) is 28.3. The molecule has 1 fully saturated rings. The summed E-state index contributed by atoms with van der Waals surface area (Å²) in [5, 5.41) is 0. The molecule has 0 aromatic heterocycles. The van der Waals surface area contributed by atoms with E-state index in [2.05, 4.69) is 0 Å². The number of hydrogen-bond acceptors (Lipinski definition) is 9. The van der Waals surface area contributed by atoms with E-state index < -0.39 is 41.7 Å². The summed E-state index contributed by atoms with van der Waals surface area (Å²) < 4.78 is 26.9. The van der Waals surface area contributed by atoms with E-state index in [1.54, 1.807) is 12.2 Å². The van der Waals surface area contributed by atoms with E-state index in [1.807, 2.05) is 26.8 Å². The van der Waals surface area contributed by atoms with Crippen LogP contribution in [0.1, 0.15) is 60.3 Å². The smallest absolute Gasteiger partial charge is 0.337 e. The molecule has 0 N–H and O–H groups in total. The molecular formula is C26H36O9. The van der Waals surface area contributed by atoms with Gasteiger partial charge in [0.1, 0.15) is 18.3 Å². The maximum Gasteiger partial charge on any atom is 0.337 e. The largest absolute Gasteiger partial charge is 0.466 e. The topological polar surface area (TPSA) is 118 Å². The number of rotatable bonds is 5. The average Bonchev–Trinajstić information content (AvgIpc) is 3.40. The third-order valence-electron chi connectivity index (χ3n) is 6.08. The number of allylic oxidation sites excluding steroid dienone is 1. The molecule has 2 rings (SSSR count). The van der Waals surface area contributed by atoms with Crippen molar-refractivity contribution in [2.75, 3.05) is 14.2 Å². The zero-order valence-corrected chi connectivity index (χ0v) is 21.5. The van der Waals surface area contributed by atoms with Crippen LogP contribution in [-0.4, -0.2) is 62.0 Å².